The molecule has 0 radical (unpaired) electrons. The van der Waals surface area contributed by atoms with Crippen LogP contribution in [0, 0.1) is 10.8 Å². The standard InChI is InChI=1S/C16H24ClN3/c1-3-16(4-2)7-9-20(10-8-16)14-6-5-12(17)11-13(14)15(18)19/h5-6,11H,3-4,7-10H2,1-2H3,(H3,18,19). The highest BCUT2D eigenvalue weighted by atomic mass is 35.5. The number of anilines is 1. The Labute approximate surface area is 126 Å². The van der Waals surface area contributed by atoms with Crippen LogP contribution in [0.3, 0.4) is 0 Å². The van der Waals surface area contributed by atoms with E-state index in [2.05, 4.69) is 18.7 Å². The fourth-order valence-electron chi connectivity index (χ4n) is 3.18. The minimum atomic E-state index is 0.0883. The maximum absolute atomic E-state index is 7.73. The zero-order chi connectivity index (χ0) is 14.8. The van der Waals surface area contributed by atoms with E-state index in [1.807, 2.05) is 12.1 Å². The second kappa shape index (κ2) is 6.04. The minimum Gasteiger partial charge on any atom is -0.384 e. The first-order valence-corrected chi connectivity index (χ1v) is 7.78. The number of nitrogen functional groups attached to an aromatic ring is 1. The maximum atomic E-state index is 7.73. The van der Waals surface area contributed by atoms with E-state index >= 15 is 0 Å². The van der Waals surface area contributed by atoms with E-state index < -0.39 is 0 Å². The number of halogens is 1. The molecule has 0 bridgehead atoms. The quantitative estimate of drug-likeness (QED) is 0.650. The third-order valence-electron chi connectivity index (χ3n) is 4.91. The summed E-state index contributed by atoms with van der Waals surface area (Å²) in [7, 11) is 0. The third-order valence-corrected chi connectivity index (χ3v) is 5.15. The van der Waals surface area contributed by atoms with Crippen molar-refractivity contribution in [2.45, 2.75) is 39.5 Å². The summed E-state index contributed by atoms with van der Waals surface area (Å²) < 4.78 is 0. The highest BCUT2D eigenvalue weighted by Crippen LogP contribution is 2.39. The molecule has 110 valence electrons. The second-order valence-electron chi connectivity index (χ2n) is 5.77. The SMILES string of the molecule is CCC1(CC)CCN(c2ccc(Cl)cc2C(=N)N)CC1. The van der Waals surface area contributed by atoms with E-state index in [1.165, 1.54) is 25.7 Å². The van der Waals surface area contributed by atoms with Crippen molar-refractivity contribution >= 4 is 23.1 Å². The molecule has 2 rings (SSSR count). The molecule has 3 nitrogen and oxygen atoms in total. The number of benzene rings is 1. The molecule has 1 aliphatic heterocycles. The molecule has 1 heterocycles. The van der Waals surface area contributed by atoms with Crippen molar-refractivity contribution in [2.75, 3.05) is 18.0 Å². The first kappa shape index (κ1) is 15.2. The highest BCUT2D eigenvalue weighted by Gasteiger charge is 2.31. The zero-order valence-electron chi connectivity index (χ0n) is 12.4. The van der Waals surface area contributed by atoms with Crippen molar-refractivity contribution in [3.05, 3.63) is 28.8 Å². The van der Waals surface area contributed by atoms with Crippen molar-refractivity contribution in [1.29, 1.82) is 5.41 Å². The molecule has 3 N–H and O–H groups in total. The van der Waals surface area contributed by atoms with Gasteiger partial charge in [-0.15, -0.1) is 0 Å². The van der Waals surface area contributed by atoms with Crippen LogP contribution in [0.2, 0.25) is 5.02 Å². The molecule has 0 aromatic heterocycles. The zero-order valence-corrected chi connectivity index (χ0v) is 13.1. The van der Waals surface area contributed by atoms with Gasteiger partial charge in [0.05, 0.1) is 0 Å². The van der Waals surface area contributed by atoms with Gasteiger partial charge >= 0.3 is 0 Å². The van der Waals surface area contributed by atoms with Crippen LogP contribution < -0.4 is 10.6 Å². The van der Waals surface area contributed by atoms with Crippen molar-refractivity contribution in [3.63, 3.8) is 0 Å². The number of nitrogens with zero attached hydrogens (tertiary/aromatic N) is 1. The number of hydrogen-bond acceptors (Lipinski definition) is 2. The Morgan fingerprint density at radius 2 is 1.90 bits per heavy atom. The maximum Gasteiger partial charge on any atom is 0.124 e. The van der Waals surface area contributed by atoms with Crippen LogP contribution in [0.4, 0.5) is 5.69 Å². The summed E-state index contributed by atoms with van der Waals surface area (Å²) in [4.78, 5) is 2.34. The monoisotopic (exact) mass is 293 g/mol. The molecule has 0 unspecified atom stereocenters. The van der Waals surface area contributed by atoms with E-state index in [4.69, 9.17) is 22.7 Å². The van der Waals surface area contributed by atoms with Gasteiger partial charge in [-0.2, -0.15) is 0 Å². The molecule has 20 heavy (non-hydrogen) atoms. The van der Waals surface area contributed by atoms with Crippen LogP contribution in [0.5, 0.6) is 0 Å². The van der Waals surface area contributed by atoms with Crippen molar-refractivity contribution in [2.24, 2.45) is 11.1 Å². The lowest BCUT2D eigenvalue weighted by Gasteiger charge is -2.42. The van der Waals surface area contributed by atoms with Gasteiger partial charge in [0.2, 0.25) is 0 Å². The molecular formula is C16H24ClN3. The van der Waals surface area contributed by atoms with Crippen LogP contribution in [0.1, 0.15) is 45.1 Å². The molecule has 0 atom stereocenters. The van der Waals surface area contributed by atoms with Gasteiger partial charge in [0.1, 0.15) is 5.84 Å². The number of nitrogens with two attached hydrogens (primary N) is 1. The van der Waals surface area contributed by atoms with E-state index in [-0.39, 0.29) is 5.84 Å². The van der Waals surface area contributed by atoms with Crippen LogP contribution in [0.25, 0.3) is 0 Å². The normalized spacial score (nSPS) is 18.1. The summed E-state index contributed by atoms with van der Waals surface area (Å²) in [6, 6.07) is 5.66. The van der Waals surface area contributed by atoms with Crippen LogP contribution >= 0.6 is 11.6 Å². The topological polar surface area (TPSA) is 53.1 Å². The molecule has 1 aromatic rings. The Morgan fingerprint density at radius 1 is 1.30 bits per heavy atom. The summed E-state index contributed by atoms with van der Waals surface area (Å²) in [5.41, 5.74) is 7.99. The molecular weight excluding hydrogens is 270 g/mol. The fourth-order valence-corrected chi connectivity index (χ4v) is 3.35. The van der Waals surface area contributed by atoms with Gasteiger partial charge in [-0.25, -0.2) is 0 Å². The molecule has 0 amide bonds. The first-order chi connectivity index (χ1) is 9.51. The molecule has 0 spiro atoms. The number of amidine groups is 1. The number of rotatable bonds is 4. The fraction of sp³-hybridized carbons (Fsp3) is 0.562. The van der Waals surface area contributed by atoms with Crippen LogP contribution in [0.15, 0.2) is 18.2 Å². The summed E-state index contributed by atoms with van der Waals surface area (Å²) in [6.07, 6.45) is 4.91. The number of piperidine rings is 1. The van der Waals surface area contributed by atoms with Crippen molar-refractivity contribution in [3.8, 4) is 0 Å². The lowest BCUT2D eigenvalue weighted by molar-refractivity contribution is 0.199. The van der Waals surface area contributed by atoms with Gasteiger partial charge in [0, 0.05) is 29.4 Å². The second-order valence-corrected chi connectivity index (χ2v) is 6.21. The lowest BCUT2D eigenvalue weighted by atomic mass is 9.74. The average molecular weight is 294 g/mol. The van der Waals surface area contributed by atoms with Gasteiger partial charge in [-0.1, -0.05) is 38.3 Å². The van der Waals surface area contributed by atoms with Crippen molar-refractivity contribution in [1.82, 2.24) is 0 Å². The average Bonchev–Trinajstić information content (AvgIpc) is 2.47. The van der Waals surface area contributed by atoms with E-state index in [9.17, 15) is 0 Å². The Morgan fingerprint density at radius 3 is 2.40 bits per heavy atom. The van der Waals surface area contributed by atoms with Crippen molar-refractivity contribution < 1.29 is 0 Å². The lowest BCUT2D eigenvalue weighted by Crippen LogP contribution is -2.40. The molecule has 1 aliphatic rings. The molecule has 4 heteroatoms. The van der Waals surface area contributed by atoms with Gasteiger partial charge in [-0.3, -0.25) is 5.41 Å². The largest absolute Gasteiger partial charge is 0.384 e. The Balaban J connectivity index is 2.21. The highest BCUT2D eigenvalue weighted by molar-refractivity contribution is 6.31. The smallest absolute Gasteiger partial charge is 0.124 e. The Kier molecular flexibility index (Phi) is 4.59. The van der Waals surface area contributed by atoms with E-state index in [0.29, 0.717) is 10.4 Å². The summed E-state index contributed by atoms with van der Waals surface area (Å²) in [6.45, 7) is 6.65. The molecule has 0 saturated carbocycles. The summed E-state index contributed by atoms with van der Waals surface area (Å²) >= 11 is 6.02. The van der Waals surface area contributed by atoms with E-state index in [1.54, 1.807) is 6.07 Å². The minimum absolute atomic E-state index is 0.0883. The third kappa shape index (κ3) is 2.93. The van der Waals surface area contributed by atoms with Crippen LogP contribution in [-0.2, 0) is 0 Å². The van der Waals surface area contributed by atoms with Gasteiger partial charge in [0.25, 0.3) is 0 Å². The molecule has 1 aromatic carbocycles. The predicted molar refractivity (Wildman–Crippen MR) is 86.9 cm³/mol. The Hall–Kier alpha value is -1.22. The summed E-state index contributed by atoms with van der Waals surface area (Å²) in [5, 5.41) is 8.37. The van der Waals surface area contributed by atoms with Gasteiger partial charge < -0.3 is 10.6 Å². The van der Waals surface area contributed by atoms with Gasteiger partial charge in [-0.05, 0) is 36.5 Å². The molecule has 1 saturated heterocycles. The van der Waals surface area contributed by atoms with Gasteiger partial charge in [0.15, 0.2) is 0 Å². The van der Waals surface area contributed by atoms with Crippen LogP contribution in [-0.4, -0.2) is 18.9 Å². The number of nitrogens with one attached hydrogen (secondary N) is 1. The summed E-state index contributed by atoms with van der Waals surface area (Å²) in [5.74, 6) is 0.0883. The molecule has 1 fully saturated rings. The predicted octanol–water partition coefficient (Wildman–Crippen LogP) is 4.03. The first-order valence-electron chi connectivity index (χ1n) is 7.40. The van der Waals surface area contributed by atoms with E-state index in [0.717, 1.165) is 24.3 Å². The molecule has 0 aliphatic carbocycles. The number of hydrogen-bond donors (Lipinski definition) is 2. The Bertz CT molecular complexity index is 484.